The number of carbonyl (C=O) groups is 1. The summed E-state index contributed by atoms with van der Waals surface area (Å²) in [5, 5.41) is 13.5. The molecule has 0 aliphatic carbocycles. The number of rotatable bonds is 1. The first-order chi connectivity index (χ1) is 5.16. The second-order valence-electron chi connectivity index (χ2n) is 1.90. The predicted octanol–water partition coefficient (Wildman–Crippen LogP) is -0.441. The highest BCUT2D eigenvalue weighted by Gasteiger charge is 2.07. The highest BCUT2D eigenvalue weighted by atomic mass is 32.1. The van der Waals surface area contributed by atoms with E-state index in [-0.39, 0.29) is 5.69 Å². The van der Waals surface area contributed by atoms with E-state index in [9.17, 15) is 4.79 Å². The molecule has 0 aliphatic heterocycles. The number of aromatic nitrogens is 1. The van der Waals surface area contributed by atoms with Gasteiger partial charge in [0, 0.05) is 12.4 Å². The highest BCUT2D eigenvalue weighted by molar-refractivity contribution is 7.07. The molecule has 0 amide bonds. The SMILES string of the molecule is Cn1c(C(=O)O)csc1=NN. The molecule has 0 spiro atoms. The molecule has 0 unspecified atom stereocenters. The van der Waals surface area contributed by atoms with Crippen molar-refractivity contribution >= 4 is 17.3 Å². The van der Waals surface area contributed by atoms with E-state index in [1.165, 1.54) is 21.3 Å². The Morgan fingerprint density at radius 2 is 2.55 bits per heavy atom. The van der Waals surface area contributed by atoms with Crippen LogP contribution in [0.1, 0.15) is 10.5 Å². The Morgan fingerprint density at radius 1 is 1.91 bits per heavy atom. The Labute approximate surface area is 66.4 Å². The first-order valence-electron chi connectivity index (χ1n) is 2.78. The fourth-order valence-corrected chi connectivity index (χ4v) is 1.47. The summed E-state index contributed by atoms with van der Waals surface area (Å²) in [6.07, 6.45) is 0. The minimum Gasteiger partial charge on any atom is -0.477 e. The lowest BCUT2D eigenvalue weighted by Crippen LogP contribution is -2.17. The molecule has 0 saturated heterocycles. The van der Waals surface area contributed by atoms with Gasteiger partial charge in [0.15, 0.2) is 0 Å². The molecule has 0 atom stereocenters. The third kappa shape index (κ3) is 1.25. The molecule has 3 N–H and O–H groups in total. The maximum Gasteiger partial charge on any atom is 0.353 e. The summed E-state index contributed by atoms with van der Waals surface area (Å²) in [7, 11) is 1.60. The van der Waals surface area contributed by atoms with Crippen LogP contribution >= 0.6 is 11.3 Å². The van der Waals surface area contributed by atoms with Crippen LogP contribution < -0.4 is 10.6 Å². The molecule has 0 fully saturated rings. The van der Waals surface area contributed by atoms with Crippen molar-refractivity contribution in [3.63, 3.8) is 0 Å². The second-order valence-corrected chi connectivity index (χ2v) is 2.73. The third-order valence-electron chi connectivity index (χ3n) is 1.25. The highest BCUT2D eigenvalue weighted by Crippen LogP contribution is 1.98. The van der Waals surface area contributed by atoms with Gasteiger partial charge in [-0.05, 0) is 0 Å². The van der Waals surface area contributed by atoms with Gasteiger partial charge in [-0.1, -0.05) is 0 Å². The van der Waals surface area contributed by atoms with E-state index < -0.39 is 5.97 Å². The van der Waals surface area contributed by atoms with Gasteiger partial charge < -0.3 is 15.5 Å². The van der Waals surface area contributed by atoms with Crippen molar-refractivity contribution < 1.29 is 9.90 Å². The summed E-state index contributed by atoms with van der Waals surface area (Å²) in [6.45, 7) is 0. The molecule has 0 bridgehead atoms. The fraction of sp³-hybridized carbons (Fsp3) is 0.200. The van der Waals surface area contributed by atoms with Gasteiger partial charge in [-0.2, -0.15) is 5.10 Å². The van der Waals surface area contributed by atoms with Crippen LogP contribution in [0.2, 0.25) is 0 Å². The zero-order valence-corrected chi connectivity index (χ0v) is 6.63. The van der Waals surface area contributed by atoms with Crippen LogP contribution in [0, 0.1) is 0 Å². The summed E-state index contributed by atoms with van der Waals surface area (Å²) < 4.78 is 1.42. The average molecular weight is 173 g/mol. The van der Waals surface area contributed by atoms with Crippen molar-refractivity contribution in [2.24, 2.45) is 18.0 Å². The summed E-state index contributed by atoms with van der Waals surface area (Å²) in [4.78, 5) is 10.9. The van der Waals surface area contributed by atoms with E-state index in [0.29, 0.717) is 4.80 Å². The topological polar surface area (TPSA) is 80.6 Å². The van der Waals surface area contributed by atoms with Gasteiger partial charge in [0.1, 0.15) is 5.69 Å². The number of nitrogens with zero attached hydrogens (tertiary/aromatic N) is 2. The molecule has 5 nitrogen and oxygen atoms in total. The van der Waals surface area contributed by atoms with Crippen LogP contribution in [0.3, 0.4) is 0 Å². The van der Waals surface area contributed by atoms with E-state index in [1.807, 2.05) is 0 Å². The Bertz CT molecular complexity index is 338. The Morgan fingerprint density at radius 3 is 2.82 bits per heavy atom. The van der Waals surface area contributed by atoms with Gasteiger partial charge in [0.05, 0.1) is 0 Å². The molecule has 0 aromatic carbocycles. The van der Waals surface area contributed by atoms with Crippen molar-refractivity contribution in [2.75, 3.05) is 0 Å². The number of hydrogen-bond acceptors (Lipinski definition) is 4. The summed E-state index contributed by atoms with van der Waals surface area (Å²) in [5.74, 6) is 4.01. The molecule has 1 rings (SSSR count). The van der Waals surface area contributed by atoms with Gasteiger partial charge in [-0.25, -0.2) is 4.79 Å². The van der Waals surface area contributed by atoms with Gasteiger partial charge in [0.25, 0.3) is 0 Å². The van der Waals surface area contributed by atoms with Crippen molar-refractivity contribution in [3.05, 3.63) is 15.9 Å². The number of hydrogen-bond donors (Lipinski definition) is 2. The molecule has 1 aromatic rings. The van der Waals surface area contributed by atoms with Crippen LogP contribution in [0.25, 0.3) is 0 Å². The first-order valence-corrected chi connectivity index (χ1v) is 3.66. The number of carboxylic acid groups (broad SMARTS) is 1. The van der Waals surface area contributed by atoms with Gasteiger partial charge in [-0.15, -0.1) is 11.3 Å². The lowest BCUT2D eigenvalue weighted by atomic mass is 10.5. The Hall–Kier alpha value is -1.30. The quantitative estimate of drug-likeness (QED) is 0.446. The monoisotopic (exact) mass is 173 g/mol. The van der Waals surface area contributed by atoms with Crippen LogP contribution in [0.15, 0.2) is 10.5 Å². The maximum absolute atomic E-state index is 10.5. The maximum atomic E-state index is 10.5. The molecule has 0 aliphatic rings. The van der Waals surface area contributed by atoms with E-state index in [0.717, 1.165) is 0 Å². The minimum absolute atomic E-state index is 0.194. The van der Waals surface area contributed by atoms with Crippen LogP contribution in [-0.2, 0) is 7.05 Å². The smallest absolute Gasteiger partial charge is 0.353 e. The normalized spacial score (nSPS) is 11.9. The largest absolute Gasteiger partial charge is 0.477 e. The lowest BCUT2D eigenvalue weighted by molar-refractivity contribution is 0.0686. The first kappa shape index (κ1) is 7.80. The third-order valence-corrected chi connectivity index (χ3v) is 2.19. The van der Waals surface area contributed by atoms with Crippen molar-refractivity contribution in [2.45, 2.75) is 0 Å². The number of nitrogens with two attached hydrogens (primary N) is 1. The summed E-state index contributed by atoms with van der Waals surface area (Å²) in [6, 6.07) is 0. The molecule has 60 valence electrons. The molecule has 0 saturated carbocycles. The van der Waals surface area contributed by atoms with E-state index in [4.69, 9.17) is 10.9 Å². The lowest BCUT2D eigenvalue weighted by Gasteiger charge is -1.93. The number of thiazole rings is 1. The van der Waals surface area contributed by atoms with Crippen molar-refractivity contribution in [1.82, 2.24) is 4.57 Å². The molecule has 1 aromatic heterocycles. The molecule has 1 heterocycles. The van der Waals surface area contributed by atoms with Crippen molar-refractivity contribution in [3.8, 4) is 0 Å². The molecule has 11 heavy (non-hydrogen) atoms. The molecule has 0 radical (unpaired) electrons. The summed E-state index contributed by atoms with van der Waals surface area (Å²) >= 11 is 1.19. The van der Waals surface area contributed by atoms with Crippen LogP contribution in [-0.4, -0.2) is 15.6 Å². The number of carboxylic acids is 1. The molecule has 6 heteroatoms. The minimum atomic E-state index is -0.973. The van der Waals surface area contributed by atoms with E-state index in [2.05, 4.69) is 5.10 Å². The second kappa shape index (κ2) is 2.75. The Kier molecular flexibility index (Phi) is 1.95. The number of aromatic carboxylic acids is 1. The zero-order valence-electron chi connectivity index (χ0n) is 5.81. The molecular weight excluding hydrogens is 166 g/mol. The zero-order chi connectivity index (χ0) is 8.43. The Balaban J connectivity index is 3.33. The standard InChI is InChI=1S/C5H7N3O2S/c1-8-3(4(9)10)2-11-5(8)7-6/h2H,6H2,1H3,(H,9,10). The molecular formula is C5H7N3O2S. The van der Waals surface area contributed by atoms with Gasteiger partial charge in [-0.3, -0.25) is 0 Å². The summed E-state index contributed by atoms with van der Waals surface area (Å²) in [5.41, 5.74) is 0.194. The van der Waals surface area contributed by atoms with Gasteiger partial charge >= 0.3 is 5.97 Å². The van der Waals surface area contributed by atoms with Crippen molar-refractivity contribution in [1.29, 1.82) is 0 Å². The van der Waals surface area contributed by atoms with Crippen LogP contribution in [0.4, 0.5) is 0 Å². The fourth-order valence-electron chi connectivity index (χ4n) is 0.681. The van der Waals surface area contributed by atoms with Gasteiger partial charge in [0.2, 0.25) is 4.80 Å². The van der Waals surface area contributed by atoms with Crippen LogP contribution in [0.5, 0.6) is 0 Å². The van der Waals surface area contributed by atoms with E-state index >= 15 is 0 Å². The average Bonchev–Trinajstić information content (AvgIpc) is 2.30. The predicted molar refractivity (Wildman–Crippen MR) is 40.0 cm³/mol. The van der Waals surface area contributed by atoms with E-state index in [1.54, 1.807) is 7.05 Å².